The van der Waals surface area contributed by atoms with Crippen LogP contribution in [-0.4, -0.2) is 4.98 Å². The van der Waals surface area contributed by atoms with Gasteiger partial charge in [-0.25, -0.2) is 4.98 Å². The van der Waals surface area contributed by atoms with Crippen LogP contribution in [0, 0.1) is 0 Å². The van der Waals surface area contributed by atoms with Gasteiger partial charge in [-0.1, -0.05) is 164 Å². The molecule has 0 amide bonds. The van der Waals surface area contributed by atoms with E-state index in [1.807, 2.05) is 0 Å². The van der Waals surface area contributed by atoms with Crippen molar-refractivity contribution in [3.63, 3.8) is 0 Å². The third-order valence-corrected chi connectivity index (χ3v) is 12.1. The van der Waals surface area contributed by atoms with Crippen molar-refractivity contribution in [2.45, 2.75) is 5.41 Å². The van der Waals surface area contributed by atoms with Crippen LogP contribution in [0.5, 0.6) is 0 Å². The molecule has 0 saturated heterocycles. The molecule has 244 valence electrons. The molecule has 0 N–H and O–H groups in total. The number of benzene rings is 9. The molecule has 1 spiro atoms. The van der Waals surface area contributed by atoms with Crippen LogP contribution in [0.1, 0.15) is 22.3 Å². The van der Waals surface area contributed by atoms with Crippen molar-refractivity contribution in [2.24, 2.45) is 0 Å². The van der Waals surface area contributed by atoms with Gasteiger partial charge in [-0.05, 0) is 107 Å². The summed E-state index contributed by atoms with van der Waals surface area (Å²) in [6.45, 7) is 0. The summed E-state index contributed by atoms with van der Waals surface area (Å²) < 4.78 is 0. The van der Waals surface area contributed by atoms with E-state index in [0.29, 0.717) is 0 Å². The number of aromatic nitrogens is 1. The maximum atomic E-state index is 5.41. The van der Waals surface area contributed by atoms with Gasteiger partial charge in [-0.15, -0.1) is 0 Å². The lowest BCUT2D eigenvalue weighted by molar-refractivity contribution is 0.795. The Hall–Kier alpha value is -6.83. The second kappa shape index (κ2) is 10.6. The number of rotatable bonds is 2. The van der Waals surface area contributed by atoms with Gasteiger partial charge < -0.3 is 0 Å². The van der Waals surface area contributed by atoms with Crippen LogP contribution >= 0.6 is 0 Å². The molecular weight excluding hydrogens is 639 g/mol. The average Bonchev–Trinajstić information content (AvgIpc) is 3.69. The monoisotopic (exact) mass is 669 g/mol. The normalized spacial score (nSPS) is 13.4. The Morgan fingerprint density at radius 1 is 0.302 bits per heavy atom. The highest BCUT2D eigenvalue weighted by atomic mass is 14.7. The van der Waals surface area contributed by atoms with Gasteiger partial charge in [0.2, 0.25) is 0 Å². The van der Waals surface area contributed by atoms with Crippen LogP contribution in [0.2, 0.25) is 0 Å². The molecule has 2 aliphatic carbocycles. The Labute approximate surface area is 307 Å². The summed E-state index contributed by atoms with van der Waals surface area (Å²) in [5.74, 6) is 0. The van der Waals surface area contributed by atoms with E-state index in [-0.39, 0.29) is 5.41 Å². The van der Waals surface area contributed by atoms with E-state index in [9.17, 15) is 0 Å². The van der Waals surface area contributed by atoms with E-state index in [2.05, 4.69) is 188 Å². The predicted octanol–water partition coefficient (Wildman–Crippen LogP) is 13.4. The number of fused-ring (bicyclic) bond motifs is 16. The molecule has 0 unspecified atom stereocenters. The maximum Gasteiger partial charge on any atom is 0.0788 e. The number of hydrogen-bond donors (Lipinski definition) is 0. The summed E-state index contributed by atoms with van der Waals surface area (Å²) in [6.07, 6.45) is 0. The Bertz CT molecular complexity index is 3120. The number of nitrogens with zero attached hydrogens (tertiary/aromatic N) is 1. The first-order chi connectivity index (χ1) is 26.3. The highest BCUT2D eigenvalue weighted by Crippen LogP contribution is 2.63. The molecule has 0 saturated carbocycles. The number of hydrogen-bond acceptors (Lipinski definition) is 1. The summed E-state index contributed by atoms with van der Waals surface area (Å²) >= 11 is 0. The minimum Gasteiger partial charge on any atom is -0.247 e. The van der Waals surface area contributed by atoms with Crippen LogP contribution in [0.3, 0.4) is 0 Å². The van der Waals surface area contributed by atoms with Crippen molar-refractivity contribution in [1.82, 2.24) is 4.98 Å². The van der Waals surface area contributed by atoms with E-state index in [0.717, 1.165) is 16.8 Å². The summed E-state index contributed by atoms with van der Waals surface area (Å²) in [6, 6.07) is 69.6. The summed E-state index contributed by atoms with van der Waals surface area (Å²) in [5, 5.41) is 8.69. The van der Waals surface area contributed by atoms with Gasteiger partial charge in [0, 0.05) is 16.3 Å². The van der Waals surface area contributed by atoms with E-state index in [4.69, 9.17) is 4.98 Å². The molecule has 10 aromatic rings. The first-order valence-corrected chi connectivity index (χ1v) is 18.5. The third-order valence-electron chi connectivity index (χ3n) is 12.1. The SMILES string of the molecule is c1ccc2c(c1)-c1ccccc1C21c2ccccc2-c2cc3c(-c4ccc(-c5cc6ccccc6c6ccccc56)cc4)nc4ccccc4c3cc21. The van der Waals surface area contributed by atoms with Crippen LogP contribution < -0.4 is 0 Å². The zero-order valence-corrected chi connectivity index (χ0v) is 28.8. The summed E-state index contributed by atoms with van der Waals surface area (Å²) in [5.41, 5.74) is 15.9. The van der Waals surface area contributed by atoms with Crippen molar-refractivity contribution in [3.05, 3.63) is 210 Å². The van der Waals surface area contributed by atoms with E-state index >= 15 is 0 Å². The Kier molecular flexibility index (Phi) is 5.77. The van der Waals surface area contributed by atoms with Crippen molar-refractivity contribution in [1.29, 1.82) is 0 Å². The van der Waals surface area contributed by atoms with Gasteiger partial charge in [0.25, 0.3) is 0 Å². The highest BCUT2D eigenvalue weighted by Gasteiger charge is 2.51. The molecule has 9 aromatic carbocycles. The molecule has 1 heterocycles. The van der Waals surface area contributed by atoms with Crippen molar-refractivity contribution >= 4 is 43.2 Å². The molecule has 1 aromatic heterocycles. The van der Waals surface area contributed by atoms with Crippen LogP contribution in [0.25, 0.3) is 87.9 Å². The fraction of sp³-hybridized carbons (Fsp3) is 0.0192. The van der Waals surface area contributed by atoms with Crippen molar-refractivity contribution < 1.29 is 0 Å². The lowest BCUT2D eigenvalue weighted by atomic mass is 9.70. The van der Waals surface area contributed by atoms with E-state index < -0.39 is 0 Å². The first-order valence-electron chi connectivity index (χ1n) is 18.5. The van der Waals surface area contributed by atoms with Gasteiger partial charge in [0.1, 0.15) is 0 Å². The molecule has 1 nitrogen and oxygen atoms in total. The zero-order valence-electron chi connectivity index (χ0n) is 28.8. The molecule has 53 heavy (non-hydrogen) atoms. The molecule has 2 aliphatic rings. The number of para-hydroxylation sites is 1. The van der Waals surface area contributed by atoms with Gasteiger partial charge in [-0.3, -0.25) is 0 Å². The van der Waals surface area contributed by atoms with Gasteiger partial charge >= 0.3 is 0 Å². The van der Waals surface area contributed by atoms with Crippen molar-refractivity contribution in [2.75, 3.05) is 0 Å². The average molecular weight is 670 g/mol. The lowest BCUT2D eigenvalue weighted by Crippen LogP contribution is -2.25. The standard InChI is InChI=1S/C52H31N/c1-2-14-35-34(13-1)29-42(37-16-4-3-15-36(35)37)32-25-27-33(28-26-32)51-45-30-44-40-19-7-11-23-48(40)52(49(44)31-43(45)41-20-8-12-24-50(41)53-51)46-21-9-5-17-38(46)39-18-6-10-22-47(39)52/h1-31H. The van der Waals surface area contributed by atoms with Gasteiger partial charge in [0.05, 0.1) is 16.6 Å². The quantitative estimate of drug-likeness (QED) is 0.167. The van der Waals surface area contributed by atoms with Crippen LogP contribution in [-0.2, 0) is 5.41 Å². The minimum absolute atomic E-state index is 0.387. The highest BCUT2D eigenvalue weighted by molar-refractivity contribution is 6.15. The molecular formula is C52H31N. The summed E-state index contributed by atoms with van der Waals surface area (Å²) in [4.78, 5) is 5.41. The Balaban J connectivity index is 1.11. The maximum absolute atomic E-state index is 5.41. The first kappa shape index (κ1) is 28.8. The van der Waals surface area contributed by atoms with E-state index in [1.54, 1.807) is 0 Å². The fourth-order valence-electron chi connectivity index (χ4n) is 9.86. The van der Waals surface area contributed by atoms with Gasteiger partial charge in [-0.2, -0.15) is 0 Å². The molecule has 0 radical (unpaired) electrons. The fourth-order valence-corrected chi connectivity index (χ4v) is 9.86. The molecule has 12 rings (SSSR count). The van der Waals surface area contributed by atoms with Crippen LogP contribution in [0.4, 0.5) is 0 Å². The van der Waals surface area contributed by atoms with Crippen molar-refractivity contribution in [3.8, 4) is 44.6 Å². The van der Waals surface area contributed by atoms with Crippen LogP contribution in [0.15, 0.2) is 188 Å². The molecule has 1 heteroatoms. The Morgan fingerprint density at radius 3 is 1.53 bits per heavy atom. The molecule has 0 fully saturated rings. The predicted molar refractivity (Wildman–Crippen MR) is 221 cm³/mol. The zero-order chi connectivity index (χ0) is 34.7. The molecule has 0 aliphatic heterocycles. The molecule has 0 bridgehead atoms. The molecule has 0 atom stereocenters. The second-order valence-electron chi connectivity index (χ2n) is 14.6. The number of pyridine rings is 1. The third kappa shape index (κ3) is 3.78. The Morgan fingerprint density at radius 2 is 0.830 bits per heavy atom. The second-order valence-corrected chi connectivity index (χ2v) is 14.6. The topological polar surface area (TPSA) is 12.9 Å². The van der Waals surface area contributed by atoms with Gasteiger partial charge in [0.15, 0.2) is 0 Å². The lowest BCUT2D eigenvalue weighted by Gasteiger charge is -2.30. The van der Waals surface area contributed by atoms with E-state index in [1.165, 1.54) is 93.3 Å². The smallest absolute Gasteiger partial charge is 0.0788 e. The largest absolute Gasteiger partial charge is 0.247 e. The summed E-state index contributed by atoms with van der Waals surface area (Å²) in [7, 11) is 0. The minimum atomic E-state index is -0.387.